The Morgan fingerprint density at radius 3 is 2.62 bits per heavy atom. The van der Waals surface area contributed by atoms with Crippen LogP contribution >= 0.6 is 0 Å². The normalized spacial score (nSPS) is 12.3. The zero-order valence-corrected chi connectivity index (χ0v) is 13.2. The molecule has 0 aromatic rings. The van der Waals surface area contributed by atoms with Gasteiger partial charge in [0.2, 0.25) is 5.78 Å². The van der Waals surface area contributed by atoms with Crippen molar-refractivity contribution in [2.45, 2.75) is 64.1 Å². The van der Waals surface area contributed by atoms with Crippen LogP contribution in [0.2, 0.25) is 0 Å². The van der Waals surface area contributed by atoms with Crippen LogP contribution in [0.3, 0.4) is 0 Å². The van der Waals surface area contributed by atoms with Gasteiger partial charge in [-0.2, -0.15) is 0 Å². The first kappa shape index (κ1) is 19.4. The molecule has 0 aromatic heterocycles. The zero-order chi connectivity index (χ0) is 15.9. The van der Waals surface area contributed by atoms with E-state index in [1.807, 2.05) is 0 Å². The van der Waals surface area contributed by atoms with Crippen molar-refractivity contribution in [2.24, 2.45) is 0 Å². The van der Waals surface area contributed by atoms with Crippen LogP contribution in [0.4, 0.5) is 0 Å². The van der Waals surface area contributed by atoms with Crippen LogP contribution in [0.1, 0.15) is 51.9 Å². The van der Waals surface area contributed by atoms with Gasteiger partial charge in [-0.05, 0) is 30.3 Å². The summed E-state index contributed by atoms with van der Waals surface area (Å²) in [6.45, 7) is 5.50. The SMILES string of the molecule is C=CC(=O)C#CC#CC[C@H](O)[C@H](CCCCCCC)OC. The maximum atomic E-state index is 10.8. The summed E-state index contributed by atoms with van der Waals surface area (Å²) in [6, 6.07) is 0. The standard InChI is InChI=1S/C18H26O3/c1-4-6-7-8-12-15-18(21-3)17(20)14-11-9-10-13-16(19)5-2/h5,17-18,20H,2,4,6-8,12,14-15H2,1,3H3/t17-,18-/m0/s1. The van der Waals surface area contributed by atoms with Crippen LogP contribution in [0.25, 0.3) is 0 Å². The Morgan fingerprint density at radius 2 is 2.00 bits per heavy atom. The third kappa shape index (κ3) is 10.9. The molecule has 0 rings (SSSR count). The minimum atomic E-state index is -0.620. The number of hydrogen-bond acceptors (Lipinski definition) is 3. The van der Waals surface area contributed by atoms with Crippen molar-refractivity contribution in [1.82, 2.24) is 0 Å². The van der Waals surface area contributed by atoms with Gasteiger partial charge >= 0.3 is 0 Å². The largest absolute Gasteiger partial charge is 0.389 e. The molecular weight excluding hydrogens is 264 g/mol. The molecule has 0 saturated carbocycles. The Labute approximate surface area is 128 Å². The molecule has 0 unspecified atom stereocenters. The fourth-order valence-corrected chi connectivity index (χ4v) is 1.89. The van der Waals surface area contributed by atoms with E-state index in [2.05, 4.69) is 37.2 Å². The van der Waals surface area contributed by atoms with E-state index in [4.69, 9.17) is 4.74 Å². The van der Waals surface area contributed by atoms with Gasteiger partial charge in [-0.15, -0.1) is 0 Å². The Hall–Kier alpha value is -1.55. The second-order valence-corrected chi connectivity index (χ2v) is 4.87. The molecule has 0 saturated heterocycles. The number of allylic oxidation sites excluding steroid dienone is 1. The van der Waals surface area contributed by atoms with E-state index < -0.39 is 6.10 Å². The van der Waals surface area contributed by atoms with Gasteiger partial charge in [0.15, 0.2) is 0 Å². The molecule has 0 amide bonds. The summed E-state index contributed by atoms with van der Waals surface area (Å²) in [4.78, 5) is 10.8. The monoisotopic (exact) mass is 290 g/mol. The Balaban J connectivity index is 4.06. The second kappa shape index (κ2) is 13.4. The van der Waals surface area contributed by atoms with Gasteiger partial charge in [0.25, 0.3) is 0 Å². The maximum Gasteiger partial charge on any atom is 0.229 e. The van der Waals surface area contributed by atoms with Crippen molar-refractivity contribution in [2.75, 3.05) is 7.11 Å². The fourth-order valence-electron chi connectivity index (χ4n) is 1.89. The topological polar surface area (TPSA) is 46.5 Å². The highest BCUT2D eigenvalue weighted by Crippen LogP contribution is 2.13. The van der Waals surface area contributed by atoms with Crippen molar-refractivity contribution in [3.05, 3.63) is 12.7 Å². The highest BCUT2D eigenvalue weighted by Gasteiger charge is 2.16. The Morgan fingerprint density at radius 1 is 1.29 bits per heavy atom. The number of carbonyl (C=O) groups excluding carboxylic acids is 1. The van der Waals surface area contributed by atoms with E-state index in [1.165, 1.54) is 25.7 Å². The van der Waals surface area contributed by atoms with E-state index in [0.29, 0.717) is 6.42 Å². The number of ketones is 1. The van der Waals surface area contributed by atoms with Gasteiger partial charge in [-0.3, -0.25) is 4.79 Å². The molecule has 0 aliphatic heterocycles. The summed E-state index contributed by atoms with van der Waals surface area (Å²) in [7, 11) is 1.61. The first-order chi connectivity index (χ1) is 10.2. The summed E-state index contributed by atoms with van der Waals surface area (Å²) < 4.78 is 5.31. The Kier molecular flexibility index (Phi) is 12.4. The predicted molar refractivity (Wildman–Crippen MR) is 85.6 cm³/mol. The molecule has 116 valence electrons. The summed E-state index contributed by atoms with van der Waals surface area (Å²) in [6.07, 6.45) is 7.40. The maximum absolute atomic E-state index is 10.8. The lowest BCUT2D eigenvalue weighted by Crippen LogP contribution is -2.27. The van der Waals surface area contributed by atoms with E-state index in [9.17, 15) is 9.90 Å². The van der Waals surface area contributed by atoms with Crippen LogP contribution in [-0.2, 0) is 9.53 Å². The molecule has 2 atom stereocenters. The van der Waals surface area contributed by atoms with E-state index >= 15 is 0 Å². The quantitative estimate of drug-likeness (QED) is 0.291. The van der Waals surface area contributed by atoms with Crippen LogP contribution in [0.5, 0.6) is 0 Å². The van der Waals surface area contributed by atoms with Gasteiger partial charge < -0.3 is 9.84 Å². The molecule has 0 bridgehead atoms. The van der Waals surface area contributed by atoms with Crippen molar-refractivity contribution in [3.8, 4) is 23.7 Å². The lowest BCUT2D eigenvalue weighted by molar-refractivity contribution is -0.109. The van der Waals surface area contributed by atoms with Gasteiger partial charge in [0, 0.05) is 13.5 Å². The van der Waals surface area contributed by atoms with Crippen LogP contribution < -0.4 is 0 Å². The van der Waals surface area contributed by atoms with Crippen LogP contribution in [0.15, 0.2) is 12.7 Å². The van der Waals surface area contributed by atoms with Gasteiger partial charge in [0.05, 0.1) is 12.2 Å². The predicted octanol–water partition coefficient (Wildman–Crippen LogP) is 2.87. The number of aliphatic hydroxyl groups is 1. The lowest BCUT2D eigenvalue weighted by atomic mass is 10.0. The van der Waals surface area contributed by atoms with Gasteiger partial charge in [-0.1, -0.05) is 51.5 Å². The summed E-state index contributed by atoms with van der Waals surface area (Å²) in [5, 5.41) is 10.0. The molecule has 3 heteroatoms. The van der Waals surface area contributed by atoms with E-state index in [0.717, 1.165) is 18.9 Å². The first-order valence-corrected chi connectivity index (χ1v) is 7.51. The molecule has 0 heterocycles. The van der Waals surface area contributed by atoms with Crippen molar-refractivity contribution < 1.29 is 14.6 Å². The molecular formula is C18H26O3. The average Bonchev–Trinajstić information content (AvgIpc) is 2.50. The molecule has 21 heavy (non-hydrogen) atoms. The molecule has 3 nitrogen and oxygen atoms in total. The summed E-state index contributed by atoms with van der Waals surface area (Å²) in [5.41, 5.74) is 0. The highest BCUT2D eigenvalue weighted by molar-refractivity contribution is 6.04. The van der Waals surface area contributed by atoms with Crippen molar-refractivity contribution in [1.29, 1.82) is 0 Å². The number of methoxy groups -OCH3 is 1. The molecule has 0 radical (unpaired) electrons. The Bertz CT molecular complexity index is 417. The lowest BCUT2D eigenvalue weighted by Gasteiger charge is -2.19. The molecule has 0 aliphatic carbocycles. The number of ether oxygens (including phenoxy) is 1. The number of unbranched alkanes of at least 4 members (excludes halogenated alkanes) is 4. The molecule has 1 N–H and O–H groups in total. The molecule has 0 fully saturated rings. The van der Waals surface area contributed by atoms with Gasteiger partial charge in [-0.25, -0.2) is 0 Å². The van der Waals surface area contributed by atoms with E-state index in [1.54, 1.807) is 7.11 Å². The van der Waals surface area contributed by atoms with Gasteiger partial charge in [0.1, 0.15) is 0 Å². The zero-order valence-electron chi connectivity index (χ0n) is 13.2. The number of aliphatic hydroxyl groups excluding tert-OH is 1. The molecule has 0 spiro atoms. The highest BCUT2D eigenvalue weighted by atomic mass is 16.5. The fraction of sp³-hybridized carbons (Fsp3) is 0.611. The minimum absolute atomic E-state index is 0.191. The average molecular weight is 290 g/mol. The van der Waals surface area contributed by atoms with Crippen LogP contribution in [0, 0.1) is 23.7 Å². The first-order valence-electron chi connectivity index (χ1n) is 7.51. The second-order valence-electron chi connectivity index (χ2n) is 4.87. The van der Waals surface area contributed by atoms with Crippen molar-refractivity contribution >= 4 is 5.78 Å². The number of hydrogen-bond donors (Lipinski definition) is 1. The van der Waals surface area contributed by atoms with Crippen LogP contribution in [-0.4, -0.2) is 30.2 Å². The minimum Gasteiger partial charge on any atom is -0.389 e. The summed E-state index contributed by atoms with van der Waals surface area (Å²) >= 11 is 0. The molecule has 0 aromatic carbocycles. The number of carbonyl (C=O) groups is 1. The summed E-state index contributed by atoms with van der Waals surface area (Å²) in [5.74, 6) is 9.68. The molecule has 0 aliphatic rings. The third-order valence-corrected chi connectivity index (χ3v) is 3.16. The van der Waals surface area contributed by atoms with E-state index in [-0.39, 0.29) is 11.9 Å². The number of rotatable bonds is 10. The third-order valence-electron chi connectivity index (χ3n) is 3.16. The smallest absolute Gasteiger partial charge is 0.229 e. The van der Waals surface area contributed by atoms with Crippen molar-refractivity contribution in [3.63, 3.8) is 0 Å².